The fourth-order valence-corrected chi connectivity index (χ4v) is 2.13. The number of anilines is 1. The summed E-state index contributed by atoms with van der Waals surface area (Å²) in [6.45, 7) is 5.65. The quantitative estimate of drug-likeness (QED) is 0.916. The van der Waals surface area contributed by atoms with E-state index in [0.717, 1.165) is 17.0 Å². The summed E-state index contributed by atoms with van der Waals surface area (Å²) in [5.41, 5.74) is 2.43. The van der Waals surface area contributed by atoms with Gasteiger partial charge in [-0.1, -0.05) is 5.16 Å². The van der Waals surface area contributed by atoms with Crippen molar-refractivity contribution in [3.05, 3.63) is 46.6 Å². The van der Waals surface area contributed by atoms with Crippen molar-refractivity contribution in [1.29, 1.82) is 5.26 Å². The molecule has 0 aliphatic heterocycles. The lowest BCUT2D eigenvalue weighted by Gasteiger charge is -2.15. The molecule has 4 nitrogen and oxygen atoms in total. The van der Waals surface area contributed by atoms with Crippen LogP contribution in [-0.2, 0) is 0 Å². The van der Waals surface area contributed by atoms with E-state index >= 15 is 0 Å². The first-order valence-corrected chi connectivity index (χ1v) is 5.92. The third-order valence-corrected chi connectivity index (χ3v) is 2.99. The molecule has 0 radical (unpaired) electrons. The van der Waals surface area contributed by atoms with Crippen molar-refractivity contribution >= 4 is 5.69 Å². The van der Waals surface area contributed by atoms with Gasteiger partial charge in [0.1, 0.15) is 17.6 Å². The maximum absolute atomic E-state index is 13.5. The number of nitrogens with zero attached hydrogens (tertiary/aromatic N) is 2. The Hall–Kier alpha value is -2.35. The number of rotatable bonds is 3. The molecule has 98 valence electrons. The minimum Gasteiger partial charge on any atom is -0.378 e. The molecule has 1 aromatic carbocycles. The van der Waals surface area contributed by atoms with E-state index in [2.05, 4.69) is 10.5 Å². The second-order valence-corrected chi connectivity index (χ2v) is 4.41. The Kier molecular flexibility index (Phi) is 3.52. The van der Waals surface area contributed by atoms with Crippen LogP contribution in [0.2, 0.25) is 0 Å². The van der Waals surface area contributed by atoms with Crippen molar-refractivity contribution in [1.82, 2.24) is 5.16 Å². The summed E-state index contributed by atoms with van der Waals surface area (Å²) in [6, 6.07) is 6.18. The summed E-state index contributed by atoms with van der Waals surface area (Å²) in [5, 5.41) is 15.7. The Morgan fingerprint density at radius 3 is 2.68 bits per heavy atom. The van der Waals surface area contributed by atoms with Crippen LogP contribution in [0.5, 0.6) is 0 Å². The van der Waals surface area contributed by atoms with Crippen LogP contribution >= 0.6 is 0 Å². The number of hydrogen-bond acceptors (Lipinski definition) is 4. The van der Waals surface area contributed by atoms with E-state index in [4.69, 9.17) is 9.78 Å². The third-order valence-electron chi connectivity index (χ3n) is 2.99. The van der Waals surface area contributed by atoms with Gasteiger partial charge in [-0.2, -0.15) is 5.26 Å². The minimum atomic E-state index is -0.529. The molecule has 0 spiro atoms. The Morgan fingerprint density at radius 1 is 1.42 bits per heavy atom. The maximum atomic E-state index is 13.5. The standard InChI is InChI=1S/C14H14FN3O/c1-8(14-9(2)18-19-10(14)3)17-12-5-4-11(7-16)13(15)6-12/h4-6,8,17H,1-3H3. The molecule has 0 bridgehead atoms. The number of nitrogens with one attached hydrogen (secondary N) is 1. The number of hydrogen-bond donors (Lipinski definition) is 1. The topological polar surface area (TPSA) is 61.9 Å². The smallest absolute Gasteiger partial charge is 0.143 e. The van der Waals surface area contributed by atoms with Gasteiger partial charge in [-0.25, -0.2) is 4.39 Å². The average Bonchev–Trinajstić information content (AvgIpc) is 2.69. The second-order valence-electron chi connectivity index (χ2n) is 4.41. The monoisotopic (exact) mass is 259 g/mol. The number of halogens is 1. The van der Waals surface area contributed by atoms with Crippen LogP contribution in [0.4, 0.5) is 10.1 Å². The molecule has 1 unspecified atom stereocenters. The van der Waals surface area contributed by atoms with Crippen LogP contribution in [0.1, 0.15) is 35.5 Å². The lowest BCUT2D eigenvalue weighted by atomic mass is 10.1. The summed E-state index contributed by atoms with van der Waals surface area (Å²) in [6.07, 6.45) is 0. The molecule has 1 heterocycles. The Balaban J connectivity index is 2.22. The van der Waals surface area contributed by atoms with Gasteiger partial charge < -0.3 is 9.84 Å². The maximum Gasteiger partial charge on any atom is 0.143 e. The molecule has 1 aromatic heterocycles. The molecular formula is C14H14FN3O. The zero-order chi connectivity index (χ0) is 14.0. The summed E-state index contributed by atoms with van der Waals surface area (Å²) < 4.78 is 18.6. The Labute approximate surface area is 110 Å². The van der Waals surface area contributed by atoms with Gasteiger partial charge in [-0.05, 0) is 39.0 Å². The van der Waals surface area contributed by atoms with Crippen LogP contribution in [0.15, 0.2) is 22.7 Å². The van der Waals surface area contributed by atoms with Crippen LogP contribution in [0.3, 0.4) is 0 Å². The molecule has 0 amide bonds. The molecule has 2 aromatic rings. The first-order chi connectivity index (χ1) is 9.02. The highest BCUT2D eigenvalue weighted by atomic mass is 19.1. The fourth-order valence-electron chi connectivity index (χ4n) is 2.13. The summed E-state index contributed by atoms with van der Waals surface area (Å²) in [4.78, 5) is 0. The minimum absolute atomic E-state index is 0.0375. The fraction of sp³-hybridized carbons (Fsp3) is 0.286. The molecular weight excluding hydrogens is 245 g/mol. The highest BCUT2D eigenvalue weighted by Gasteiger charge is 2.16. The SMILES string of the molecule is Cc1noc(C)c1C(C)Nc1ccc(C#N)c(F)c1. The molecule has 5 heteroatoms. The van der Waals surface area contributed by atoms with E-state index in [9.17, 15) is 4.39 Å². The van der Waals surface area contributed by atoms with Gasteiger partial charge in [0.25, 0.3) is 0 Å². The van der Waals surface area contributed by atoms with E-state index in [1.54, 1.807) is 12.1 Å². The highest BCUT2D eigenvalue weighted by molar-refractivity contribution is 5.50. The van der Waals surface area contributed by atoms with E-state index in [0.29, 0.717) is 5.69 Å². The lowest BCUT2D eigenvalue weighted by molar-refractivity contribution is 0.392. The molecule has 0 saturated heterocycles. The zero-order valence-electron chi connectivity index (χ0n) is 11.0. The predicted octanol–water partition coefficient (Wildman–Crippen LogP) is 3.48. The average molecular weight is 259 g/mol. The first-order valence-electron chi connectivity index (χ1n) is 5.92. The van der Waals surface area contributed by atoms with Crippen LogP contribution in [0.25, 0.3) is 0 Å². The third kappa shape index (κ3) is 2.58. The van der Waals surface area contributed by atoms with Crippen molar-refractivity contribution in [3.8, 4) is 6.07 Å². The largest absolute Gasteiger partial charge is 0.378 e. The number of nitriles is 1. The summed E-state index contributed by atoms with van der Waals surface area (Å²) in [5.74, 6) is 0.213. The molecule has 1 N–H and O–H groups in total. The Morgan fingerprint density at radius 2 is 2.16 bits per heavy atom. The molecule has 19 heavy (non-hydrogen) atoms. The molecule has 2 rings (SSSR count). The lowest BCUT2D eigenvalue weighted by Crippen LogP contribution is -2.08. The van der Waals surface area contributed by atoms with E-state index < -0.39 is 5.82 Å². The highest BCUT2D eigenvalue weighted by Crippen LogP contribution is 2.25. The zero-order valence-corrected chi connectivity index (χ0v) is 11.0. The molecule has 0 fully saturated rings. The van der Waals surface area contributed by atoms with Crippen LogP contribution < -0.4 is 5.32 Å². The van der Waals surface area contributed by atoms with Crippen molar-refractivity contribution in [2.24, 2.45) is 0 Å². The van der Waals surface area contributed by atoms with Crippen molar-refractivity contribution in [2.45, 2.75) is 26.8 Å². The van der Waals surface area contributed by atoms with Gasteiger partial charge in [-0.3, -0.25) is 0 Å². The molecule has 1 atom stereocenters. The van der Waals surface area contributed by atoms with Gasteiger partial charge in [0.05, 0.1) is 17.3 Å². The van der Waals surface area contributed by atoms with Crippen molar-refractivity contribution in [2.75, 3.05) is 5.32 Å². The van der Waals surface area contributed by atoms with Gasteiger partial charge in [0, 0.05) is 11.3 Å². The van der Waals surface area contributed by atoms with Crippen LogP contribution in [-0.4, -0.2) is 5.16 Å². The Bertz CT molecular complexity index is 623. The number of aryl methyl sites for hydroxylation is 2. The molecule has 0 aliphatic rings. The number of benzene rings is 1. The van der Waals surface area contributed by atoms with Crippen molar-refractivity contribution < 1.29 is 8.91 Å². The first kappa shape index (κ1) is 13.1. The summed E-state index contributed by atoms with van der Waals surface area (Å²) in [7, 11) is 0. The van der Waals surface area contributed by atoms with Gasteiger partial charge in [0.2, 0.25) is 0 Å². The molecule has 0 saturated carbocycles. The van der Waals surface area contributed by atoms with Crippen LogP contribution in [0, 0.1) is 31.0 Å². The van der Waals surface area contributed by atoms with E-state index in [1.165, 1.54) is 12.1 Å². The van der Waals surface area contributed by atoms with Crippen molar-refractivity contribution in [3.63, 3.8) is 0 Å². The van der Waals surface area contributed by atoms with E-state index in [-0.39, 0.29) is 11.6 Å². The normalized spacial score (nSPS) is 11.9. The predicted molar refractivity (Wildman–Crippen MR) is 69.1 cm³/mol. The van der Waals surface area contributed by atoms with Gasteiger partial charge in [-0.15, -0.1) is 0 Å². The summed E-state index contributed by atoms with van der Waals surface area (Å²) >= 11 is 0. The van der Waals surface area contributed by atoms with E-state index in [1.807, 2.05) is 20.8 Å². The number of aromatic nitrogens is 1. The second kappa shape index (κ2) is 5.11. The molecule has 0 aliphatic carbocycles. The van der Waals surface area contributed by atoms with Gasteiger partial charge in [0.15, 0.2) is 0 Å². The van der Waals surface area contributed by atoms with Gasteiger partial charge >= 0.3 is 0 Å².